The second-order valence-electron chi connectivity index (χ2n) is 3.72. The molecule has 0 aliphatic heterocycles. The molecule has 0 N–H and O–H groups in total. The molecule has 1 rings (SSSR count). The Balaban J connectivity index is 3.20. The Labute approximate surface area is 84.3 Å². The zero-order chi connectivity index (χ0) is 10.8. The maximum Gasteiger partial charge on any atom is 0.213 e. The van der Waals surface area contributed by atoms with E-state index >= 15 is 0 Å². The average molecular weight is 190 g/mol. The molecule has 14 heavy (non-hydrogen) atoms. The largest absolute Gasteiger partial charge is 0.481 e. The molecule has 3 nitrogen and oxygen atoms in total. The van der Waals surface area contributed by atoms with E-state index in [-0.39, 0.29) is 0 Å². The van der Waals surface area contributed by atoms with Crippen molar-refractivity contribution in [2.24, 2.45) is 0 Å². The number of ether oxygens (including phenoxy) is 1. The summed E-state index contributed by atoms with van der Waals surface area (Å²) >= 11 is 0. The molecule has 0 spiro atoms. The predicted octanol–water partition coefficient (Wildman–Crippen LogP) is 2.20. The number of nitrogens with zero attached hydrogens (tertiary/aromatic N) is 2. The van der Waals surface area contributed by atoms with Gasteiger partial charge in [0.25, 0.3) is 0 Å². The molecule has 0 aromatic carbocycles. The van der Waals surface area contributed by atoms with E-state index in [2.05, 4.69) is 11.1 Å². The summed E-state index contributed by atoms with van der Waals surface area (Å²) < 4.78 is 5.00. The van der Waals surface area contributed by atoms with Gasteiger partial charge >= 0.3 is 0 Å². The highest BCUT2D eigenvalue weighted by molar-refractivity contribution is 5.35. The van der Waals surface area contributed by atoms with E-state index in [0.717, 1.165) is 11.3 Å². The molecule has 1 aromatic rings. The molecular weight excluding hydrogens is 176 g/mol. The summed E-state index contributed by atoms with van der Waals surface area (Å²) in [7, 11) is 1.58. The van der Waals surface area contributed by atoms with Gasteiger partial charge in [0.1, 0.15) is 0 Å². The summed E-state index contributed by atoms with van der Waals surface area (Å²) in [6, 6.07) is 5.93. The summed E-state index contributed by atoms with van der Waals surface area (Å²) in [5, 5.41) is 8.99. The van der Waals surface area contributed by atoms with Crippen LogP contribution in [0.3, 0.4) is 0 Å². The van der Waals surface area contributed by atoms with Crippen LogP contribution in [-0.4, -0.2) is 12.1 Å². The monoisotopic (exact) mass is 190 g/mol. The predicted molar refractivity (Wildman–Crippen MR) is 54.2 cm³/mol. The molecule has 0 atom stereocenters. The third kappa shape index (κ3) is 1.85. The van der Waals surface area contributed by atoms with E-state index in [9.17, 15) is 0 Å². The summed E-state index contributed by atoms with van der Waals surface area (Å²) in [5.74, 6) is 0.583. The highest BCUT2D eigenvalue weighted by atomic mass is 16.5. The third-order valence-electron chi connectivity index (χ3n) is 2.22. The molecule has 0 saturated carbocycles. The Morgan fingerprint density at radius 3 is 2.50 bits per heavy atom. The number of aryl methyl sites for hydroxylation is 1. The van der Waals surface area contributed by atoms with Gasteiger partial charge in [0.2, 0.25) is 5.88 Å². The first-order chi connectivity index (χ1) is 6.51. The molecule has 0 amide bonds. The van der Waals surface area contributed by atoms with Crippen molar-refractivity contribution < 1.29 is 4.74 Å². The Morgan fingerprint density at radius 2 is 2.07 bits per heavy atom. The van der Waals surface area contributed by atoms with Gasteiger partial charge in [-0.2, -0.15) is 5.26 Å². The number of hydrogen-bond acceptors (Lipinski definition) is 3. The Kier molecular flexibility index (Phi) is 2.76. The second kappa shape index (κ2) is 3.67. The minimum Gasteiger partial charge on any atom is -0.481 e. The van der Waals surface area contributed by atoms with Crippen molar-refractivity contribution in [3.8, 4) is 11.9 Å². The van der Waals surface area contributed by atoms with Crippen LogP contribution in [0.4, 0.5) is 0 Å². The molecule has 1 heterocycles. The highest BCUT2D eigenvalue weighted by Gasteiger charge is 2.22. The van der Waals surface area contributed by atoms with Crippen molar-refractivity contribution in [2.45, 2.75) is 26.2 Å². The van der Waals surface area contributed by atoms with E-state index in [1.54, 1.807) is 13.2 Å². The number of aromatic nitrogens is 1. The van der Waals surface area contributed by atoms with Gasteiger partial charge in [0.05, 0.1) is 18.6 Å². The van der Waals surface area contributed by atoms with Crippen LogP contribution >= 0.6 is 0 Å². The number of pyridine rings is 1. The van der Waals surface area contributed by atoms with Crippen molar-refractivity contribution in [1.29, 1.82) is 5.26 Å². The number of hydrogen-bond donors (Lipinski definition) is 0. The second-order valence-corrected chi connectivity index (χ2v) is 3.72. The summed E-state index contributed by atoms with van der Waals surface area (Å²) in [6.45, 7) is 5.64. The van der Waals surface area contributed by atoms with Gasteiger partial charge in [-0.05, 0) is 26.3 Å². The Bertz CT molecular complexity index is 377. The molecule has 1 aromatic heterocycles. The molecule has 3 heteroatoms. The van der Waals surface area contributed by atoms with E-state index in [1.165, 1.54) is 0 Å². The zero-order valence-electron chi connectivity index (χ0n) is 8.96. The lowest BCUT2D eigenvalue weighted by atomic mass is 9.85. The van der Waals surface area contributed by atoms with Gasteiger partial charge < -0.3 is 4.74 Å². The van der Waals surface area contributed by atoms with Crippen molar-refractivity contribution in [1.82, 2.24) is 4.98 Å². The summed E-state index contributed by atoms with van der Waals surface area (Å²) in [5.41, 5.74) is 1.29. The van der Waals surface area contributed by atoms with Gasteiger partial charge in [-0.3, -0.25) is 0 Å². The third-order valence-corrected chi connectivity index (χ3v) is 2.22. The topological polar surface area (TPSA) is 45.9 Å². The van der Waals surface area contributed by atoms with Gasteiger partial charge in [-0.1, -0.05) is 6.07 Å². The summed E-state index contributed by atoms with van der Waals surface area (Å²) in [6.07, 6.45) is 0. The minimum atomic E-state index is -0.497. The van der Waals surface area contributed by atoms with Gasteiger partial charge in [0.15, 0.2) is 0 Å². The fourth-order valence-corrected chi connectivity index (χ4v) is 1.37. The van der Waals surface area contributed by atoms with E-state index in [1.807, 2.05) is 26.8 Å². The molecule has 0 saturated heterocycles. The molecule has 0 aliphatic rings. The van der Waals surface area contributed by atoms with Crippen LogP contribution in [0, 0.1) is 18.3 Å². The van der Waals surface area contributed by atoms with Crippen LogP contribution in [0.25, 0.3) is 0 Å². The fraction of sp³-hybridized carbons (Fsp3) is 0.455. The molecule has 0 unspecified atom stereocenters. The maximum absolute atomic E-state index is 8.99. The number of rotatable bonds is 2. The first-order valence-corrected chi connectivity index (χ1v) is 4.44. The quantitative estimate of drug-likeness (QED) is 0.718. The first-order valence-electron chi connectivity index (χ1n) is 4.44. The van der Waals surface area contributed by atoms with Crippen molar-refractivity contribution in [3.63, 3.8) is 0 Å². The molecule has 0 radical (unpaired) electrons. The lowest BCUT2D eigenvalue weighted by Gasteiger charge is -2.17. The standard InChI is InChI=1S/C11H14N2O/c1-8-9(11(2,3)7-12)5-6-10(13-8)14-4/h5-6H,1-4H3. The average Bonchev–Trinajstić information content (AvgIpc) is 2.17. The van der Waals surface area contributed by atoms with Crippen LogP contribution in [0.2, 0.25) is 0 Å². The SMILES string of the molecule is COc1ccc(C(C)(C)C#N)c(C)n1. The smallest absolute Gasteiger partial charge is 0.213 e. The normalized spacial score (nSPS) is 10.8. The van der Waals surface area contributed by atoms with Crippen molar-refractivity contribution in [2.75, 3.05) is 7.11 Å². The minimum absolute atomic E-state index is 0.497. The molecule has 0 aliphatic carbocycles. The van der Waals surface area contributed by atoms with Crippen LogP contribution in [-0.2, 0) is 5.41 Å². The van der Waals surface area contributed by atoms with Crippen LogP contribution in [0.1, 0.15) is 25.1 Å². The number of methoxy groups -OCH3 is 1. The Morgan fingerprint density at radius 1 is 1.43 bits per heavy atom. The van der Waals surface area contributed by atoms with E-state index in [0.29, 0.717) is 5.88 Å². The van der Waals surface area contributed by atoms with E-state index < -0.39 is 5.41 Å². The van der Waals surface area contributed by atoms with Gasteiger partial charge in [-0.15, -0.1) is 0 Å². The van der Waals surface area contributed by atoms with Gasteiger partial charge in [-0.25, -0.2) is 4.98 Å². The van der Waals surface area contributed by atoms with Crippen LogP contribution < -0.4 is 4.74 Å². The fourth-order valence-electron chi connectivity index (χ4n) is 1.37. The van der Waals surface area contributed by atoms with Crippen LogP contribution in [0.5, 0.6) is 5.88 Å². The molecular formula is C11H14N2O. The van der Waals surface area contributed by atoms with Crippen molar-refractivity contribution >= 4 is 0 Å². The highest BCUT2D eigenvalue weighted by Crippen LogP contribution is 2.25. The lowest BCUT2D eigenvalue weighted by Crippen LogP contribution is -2.16. The van der Waals surface area contributed by atoms with E-state index in [4.69, 9.17) is 10.00 Å². The zero-order valence-corrected chi connectivity index (χ0v) is 8.96. The van der Waals surface area contributed by atoms with Gasteiger partial charge in [0, 0.05) is 11.8 Å². The number of nitriles is 1. The molecule has 74 valence electrons. The Hall–Kier alpha value is -1.56. The lowest BCUT2D eigenvalue weighted by molar-refractivity contribution is 0.396. The first kappa shape index (κ1) is 10.5. The molecule has 0 bridgehead atoms. The van der Waals surface area contributed by atoms with Crippen LogP contribution in [0.15, 0.2) is 12.1 Å². The maximum atomic E-state index is 8.99. The summed E-state index contributed by atoms with van der Waals surface area (Å²) in [4.78, 5) is 4.23. The molecule has 0 fully saturated rings. The van der Waals surface area contributed by atoms with Crippen molar-refractivity contribution in [3.05, 3.63) is 23.4 Å².